The Morgan fingerprint density at radius 1 is 1.61 bits per heavy atom. The quantitative estimate of drug-likeness (QED) is 0.761. The van der Waals surface area contributed by atoms with Crippen LogP contribution >= 0.6 is 0 Å². The molecule has 1 aromatic rings. The SMILES string of the molecule is Cc1nn(C)cc1C(=O)NCC(C)(O)CN(C)C. The maximum atomic E-state index is 11.9. The third-order valence-electron chi connectivity index (χ3n) is 2.54. The highest BCUT2D eigenvalue weighted by Gasteiger charge is 2.23. The van der Waals surface area contributed by atoms with Crippen LogP contribution in [-0.2, 0) is 7.05 Å². The van der Waals surface area contributed by atoms with Gasteiger partial charge in [0.05, 0.1) is 16.9 Å². The Balaban J connectivity index is 2.59. The number of hydrogen-bond donors (Lipinski definition) is 2. The van der Waals surface area contributed by atoms with Crippen molar-refractivity contribution in [2.24, 2.45) is 7.05 Å². The van der Waals surface area contributed by atoms with Crippen LogP contribution in [0.4, 0.5) is 0 Å². The van der Waals surface area contributed by atoms with E-state index >= 15 is 0 Å². The highest BCUT2D eigenvalue weighted by molar-refractivity contribution is 5.95. The minimum atomic E-state index is -0.949. The predicted octanol–water partition coefficient (Wildman–Crippen LogP) is -0.229. The van der Waals surface area contributed by atoms with Crippen LogP contribution in [-0.4, -0.2) is 58.5 Å². The summed E-state index contributed by atoms with van der Waals surface area (Å²) in [6.45, 7) is 4.17. The Hall–Kier alpha value is -1.40. The fraction of sp³-hybridized carbons (Fsp3) is 0.667. The van der Waals surface area contributed by atoms with Crippen LogP contribution < -0.4 is 5.32 Å². The molecule has 0 aromatic carbocycles. The van der Waals surface area contributed by atoms with Crippen LogP contribution in [0.25, 0.3) is 0 Å². The molecule has 1 aromatic heterocycles. The average molecular weight is 254 g/mol. The summed E-state index contributed by atoms with van der Waals surface area (Å²) in [5.41, 5.74) is 0.273. The van der Waals surface area contributed by atoms with E-state index in [4.69, 9.17) is 0 Å². The van der Waals surface area contributed by atoms with Crippen molar-refractivity contribution in [3.63, 3.8) is 0 Å². The van der Waals surface area contributed by atoms with Crippen molar-refractivity contribution in [1.29, 1.82) is 0 Å². The standard InChI is InChI=1S/C12H22N4O2/c1-9-10(6-16(5)14-9)11(17)13-7-12(2,18)8-15(3)4/h6,18H,7-8H2,1-5H3,(H,13,17). The van der Waals surface area contributed by atoms with Gasteiger partial charge in [-0.3, -0.25) is 9.48 Å². The molecule has 1 unspecified atom stereocenters. The summed E-state index contributed by atoms with van der Waals surface area (Å²) in [5, 5.41) is 16.9. The van der Waals surface area contributed by atoms with E-state index in [9.17, 15) is 9.90 Å². The Labute approximate surface area is 108 Å². The molecule has 102 valence electrons. The molecule has 0 spiro atoms. The summed E-state index contributed by atoms with van der Waals surface area (Å²) < 4.78 is 1.60. The first kappa shape index (κ1) is 14.7. The number of nitrogens with one attached hydrogen (secondary N) is 1. The largest absolute Gasteiger partial charge is 0.387 e. The fourth-order valence-corrected chi connectivity index (χ4v) is 1.93. The van der Waals surface area contributed by atoms with Crippen molar-refractivity contribution in [1.82, 2.24) is 20.0 Å². The lowest BCUT2D eigenvalue weighted by Gasteiger charge is -2.27. The van der Waals surface area contributed by atoms with E-state index in [1.807, 2.05) is 19.0 Å². The summed E-state index contributed by atoms with van der Waals surface area (Å²) in [7, 11) is 5.52. The molecule has 18 heavy (non-hydrogen) atoms. The van der Waals surface area contributed by atoms with E-state index in [0.717, 1.165) is 0 Å². The van der Waals surface area contributed by atoms with Gasteiger partial charge in [-0.2, -0.15) is 5.10 Å². The molecule has 0 saturated carbocycles. The summed E-state index contributed by atoms with van der Waals surface area (Å²) >= 11 is 0. The minimum absolute atomic E-state index is 0.207. The molecule has 0 aliphatic rings. The summed E-state index contributed by atoms with van der Waals surface area (Å²) in [6, 6.07) is 0. The van der Waals surface area contributed by atoms with Gasteiger partial charge in [0, 0.05) is 26.3 Å². The zero-order chi connectivity index (χ0) is 13.9. The molecule has 0 fully saturated rings. The van der Waals surface area contributed by atoms with E-state index in [2.05, 4.69) is 10.4 Å². The number of hydrogen-bond acceptors (Lipinski definition) is 4. The molecule has 6 nitrogen and oxygen atoms in total. The van der Waals surface area contributed by atoms with Gasteiger partial charge in [-0.05, 0) is 27.9 Å². The monoisotopic (exact) mass is 254 g/mol. The summed E-state index contributed by atoms with van der Waals surface area (Å²) in [6.07, 6.45) is 1.67. The van der Waals surface area contributed by atoms with Crippen molar-refractivity contribution in [2.75, 3.05) is 27.2 Å². The number of rotatable bonds is 5. The summed E-state index contributed by atoms with van der Waals surface area (Å²) in [5.74, 6) is -0.209. The van der Waals surface area contributed by atoms with Crippen molar-refractivity contribution in [2.45, 2.75) is 19.4 Å². The Kier molecular flexibility index (Phi) is 4.48. The Morgan fingerprint density at radius 3 is 2.67 bits per heavy atom. The van der Waals surface area contributed by atoms with Gasteiger partial charge in [0.2, 0.25) is 0 Å². The van der Waals surface area contributed by atoms with Crippen molar-refractivity contribution < 1.29 is 9.90 Å². The van der Waals surface area contributed by atoms with Gasteiger partial charge in [0.15, 0.2) is 0 Å². The van der Waals surface area contributed by atoms with Gasteiger partial charge < -0.3 is 15.3 Å². The number of carbonyl (C=O) groups excluding carboxylic acids is 1. The number of aryl methyl sites for hydroxylation is 2. The van der Waals surface area contributed by atoms with Crippen LogP contribution in [0.1, 0.15) is 23.0 Å². The van der Waals surface area contributed by atoms with Crippen LogP contribution in [0.3, 0.4) is 0 Å². The zero-order valence-corrected chi connectivity index (χ0v) is 11.7. The van der Waals surface area contributed by atoms with E-state index in [-0.39, 0.29) is 12.5 Å². The number of nitrogens with zero attached hydrogens (tertiary/aromatic N) is 3. The van der Waals surface area contributed by atoms with E-state index in [0.29, 0.717) is 17.8 Å². The third-order valence-corrected chi connectivity index (χ3v) is 2.54. The first-order valence-electron chi connectivity index (χ1n) is 5.87. The van der Waals surface area contributed by atoms with Crippen LogP contribution in [0.5, 0.6) is 0 Å². The average Bonchev–Trinajstić information content (AvgIpc) is 2.52. The molecule has 6 heteroatoms. The Bertz CT molecular complexity index is 424. The lowest BCUT2D eigenvalue weighted by molar-refractivity contribution is 0.0326. The number of aliphatic hydroxyl groups is 1. The van der Waals surface area contributed by atoms with Crippen LogP contribution in [0.2, 0.25) is 0 Å². The van der Waals surface area contributed by atoms with Gasteiger partial charge in [0.25, 0.3) is 5.91 Å². The number of aromatic nitrogens is 2. The van der Waals surface area contributed by atoms with Crippen LogP contribution in [0, 0.1) is 6.92 Å². The van der Waals surface area contributed by atoms with Gasteiger partial charge in [0.1, 0.15) is 0 Å². The molecule has 1 amide bonds. The minimum Gasteiger partial charge on any atom is -0.387 e. The topological polar surface area (TPSA) is 70.4 Å². The third kappa shape index (κ3) is 4.12. The molecular weight excluding hydrogens is 232 g/mol. The maximum Gasteiger partial charge on any atom is 0.254 e. The van der Waals surface area contributed by atoms with Crippen molar-refractivity contribution >= 4 is 5.91 Å². The van der Waals surface area contributed by atoms with Gasteiger partial charge in [-0.15, -0.1) is 0 Å². The second-order valence-electron chi connectivity index (χ2n) is 5.22. The van der Waals surface area contributed by atoms with Gasteiger partial charge in [-0.25, -0.2) is 0 Å². The van der Waals surface area contributed by atoms with E-state index < -0.39 is 5.60 Å². The lowest BCUT2D eigenvalue weighted by Crippen LogP contribution is -2.47. The molecule has 0 bridgehead atoms. The smallest absolute Gasteiger partial charge is 0.254 e. The first-order chi connectivity index (χ1) is 8.21. The Morgan fingerprint density at radius 2 is 2.22 bits per heavy atom. The highest BCUT2D eigenvalue weighted by atomic mass is 16.3. The molecular formula is C12H22N4O2. The molecule has 1 heterocycles. The highest BCUT2D eigenvalue weighted by Crippen LogP contribution is 2.06. The fourth-order valence-electron chi connectivity index (χ4n) is 1.93. The number of carbonyl (C=O) groups is 1. The molecule has 1 rings (SSSR count). The molecule has 0 radical (unpaired) electrons. The second kappa shape index (κ2) is 5.49. The zero-order valence-electron chi connectivity index (χ0n) is 11.7. The van der Waals surface area contributed by atoms with Crippen molar-refractivity contribution in [3.8, 4) is 0 Å². The molecule has 0 saturated heterocycles. The number of likely N-dealkylation sites (N-methyl/N-ethyl adjacent to an activating group) is 1. The number of amides is 1. The maximum absolute atomic E-state index is 11.9. The van der Waals surface area contributed by atoms with Crippen molar-refractivity contribution in [3.05, 3.63) is 17.5 Å². The lowest BCUT2D eigenvalue weighted by atomic mass is 10.1. The normalized spacial score (nSPS) is 14.6. The molecule has 2 N–H and O–H groups in total. The molecule has 0 aliphatic heterocycles. The molecule has 0 aliphatic carbocycles. The van der Waals surface area contributed by atoms with Crippen LogP contribution in [0.15, 0.2) is 6.20 Å². The first-order valence-corrected chi connectivity index (χ1v) is 5.87. The van der Waals surface area contributed by atoms with E-state index in [1.54, 1.807) is 31.8 Å². The van der Waals surface area contributed by atoms with E-state index in [1.165, 1.54) is 0 Å². The predicted molar refractivity (Wildman–Crippen MR) is 69.5 cm³/mol. The molecule has 1 atom stereocenters. The second-order valence-corrected chi connectivity index (χ2v) is 5.22. The summed E-state index contributed by atoms with van der Waals surface area (Å²) in [4.78, 5) is 13.8. The van der Waals surface area contributed by atoms with Gasteiger partial charge >= 0.3 is 0 Å². The van der Waals surface area contributed by atoms with Gasteiger partial charge in [-0.1, -0.05) is 0 Å².